The maximum absolute atomic E-state index is 5.36. The summed E-state index contributed by atoms with van der Waals surface area (Å²) in [7, 11) is 0. The SMILES string of the molecule is CC1CC(C)CN(CCNC2CCOC2)C1. The summed E-state index contributed by atoms with van der Waals surface area (Å²) < 4.78 is 5.36. The molecule has 2 rings (SSSR count). The Morgan fingerprint density at radius 1 is 1.25 bits per heavy atom. The van der Waals surface area contributed by atoms with E-state index in [1.165, 1.54) is 32.5 Å². The van der Waals surface area contributed by atoms with Crippen LogP contribution >= 0.6 is 0 Å². The van der Waals surface area contributed by atoms with Crippen molar-refractivity contribution in [2.24, 2.45) is 11.8 Å². The van der Waals surface area contributed by atoms with Crippen molar-refractivity contribution in [1.29, 1.82) is 0 Å². The van der Waals surface area contributed by atoms with E-state index in [2.05, 4.69) is 24.1 Å². The van der Waals surface area contributed by atoms with Crippen LogP contribution in [0, 0.1) is 11.8 Å². The molecule has 94 valence electrons. The van der Waals surface area contributed by atoms with Gasteiger partial charge in [-0.25, -0.2) is 0 Å². The van der Waals surface area contributed by atoms with Gasteiger partial charge in [0, 0.05) is 38.8 Å². The fourth-order valence-electron chi connectivity index (χ4n) is 3.10. The lowest BCUT2D eigenvalue weighted by molar-refractivity contribution is 0.139. The number of nitrogens with one attached hydrogen (secondary N) is 1. The molecule has 0 aromatic carbocycles. The van der Waals surface area contributed by atoms with Crippen LogP contribution in [-0.4, -0.2) is 50.3 Å². The van der Waals surface area contributed by atoms with E-state index in [0.717, 1.165) is 31.6 Å². The predicted octanol–water partition coefficient (Wildman–Crippen LogP) is 1.34. The number of nitrogens with zero attached hydrogens (tertiary/aromatic N) is 1. The number of likely N-dealkylation sites (tertiary alicyclic amines) is 1. The van der Waals surface area contributed by atoms with Gasteiger partial charge in [-0.2, -0.15) is 0 Å². The highest BCUT2D eigenvalue weighted by molar-refractivity contribution is 4.76. The lowest BCUT2D eigenvalue weighted by atomic mass is 9.92. The average molecular weight is 226 g/mol. The zero-order chi connectivity index (χ0) is 11.4. The predicted molar refractivity (Wildman–Crippen MR) is 66.6 cm³/mol. The van der Waals surface area contributed by atoms with Crippen LogP contribution in [0.4, 0.5) is 0 Å². The van der Waals surface area contributed by atoms with Gasteiger partial charge >= 0.3 is 0 Å². The van der Waals surface area contributed by atoms with Crippen molar-refractivity contribution in [1.82, 2.24) is 10.2 Å². The topological polar surface area (TPSA) is 24.5 Å². The van der Waals surface area contributed by atoms with Crippen molar-refractivity contribution in [3.8, 4) is 0 Å². The third-order valence-electron chi connectivity index (χ3n) is 3.74. The Balaban J connectivity index is 1.61. The number of piperidine rings is 1. The normalized spacial score (nSPS) is 36.8. The summed E-state index contributed by atoms with van der Waals surface area (Å²) in [5, 5.41) is 3.59. The lowest BCUT2D eigenvalue weighted by Gasteiger charge is -2.35. The molecule has 16 heavy (non-hydrogen) atoms. The minimum atomic E-state index is 0.611. The molecule has 0 amide bonds. The highest BCUT2D eigenvalue weighted by Gasteiger charge is 2.21. The van der Waals surface area contributed by atoms with Crippen LogP contribution in [-0.2, 0) is 4.74 Å². The highest BCUT2D eigenvalue weighted by Crippen LogP contribution is 2.20. The molecular weight excluding hydrogens is 200 g/mol. The Bertz CT molecular complexity index is 194. The molecular formula is C13H26N2O. The standard InChI is InChI=1S/C13H26N2O/c1-11-7-12(2)9-15(8-11)5-4-14-13-3-6-16-10-13/h11-14H,3-10H2,1-2H3. The third kappa shape index (κ3) is 3.72. The van der Waals surface area contributed by atoms with E-state index in [0.29, 0.717) is 6.04 Å². The Morgan fingerprint density at radius 3 is 2.62 bits per heavy atom. The van der Waals surface area contributed by atoms with E-state index in [1.807, 2.05) is 0 Å². The summed E-state index contributed by atoms with van der Waals surface area (Å²) in [4.78, 5) is 2.61. The Morgan fingerprint density at radius 2 is 2.00 bits per heavy atom. The summed E-state index contributed by atoms with van der Waals surface area (Å²) in [6, 6.07) is 0.611. The van der Waals surface area contributed by atoms with Gasteiger partial charge in [-0.1, -0.05) is 13.8 Å². The third-order valence-corrected chi connectivity index (χ3v) is 3.74. The molecule has 2 fully saturated rings. The molecule has 3 unspecified atom stereocenters. The molecule has 0 radical (unpaired) electrons. The molecule has 2 aliphatic rings. The van der Waals surface area contributed by atoms with Crippen molar-refractivity contribution in [3.63, 3.8) is 0 Å². The molecule has 3 heteroatoms. The Hall–Kier alpha value is -0.120. The zero-order valence-electron chi connectivity index (χ0n) is 10.7. The minimum Gasteiger partial charge on any atom is -0.380 e. The molecule has 3 nitrogen and oxygen atoms in total. The van der Waals surface area contributed by atoms with Crippen LogP contribution in [0.3, 0.4) is 0 Å². The molecule has 0 spiro atoms. The molecule has 3 atom stereocenters. The maximum atomic E-state index is 5.36. The molecule has 0 aliphatic carbocycles. The van der Waals surface area contributed by atoms with Gasteiger partial charge in [0.1, 0.15) is 0 Å². The van der Waals surface area contributed by atoms with E-state index in [4.69, 9.17) is 4.74 Å². The number of rotatable bonds is 4. The van der Waals surface area contributed by atoms with E-state index >= 15 is 0 Å². The number of ether oxygens (including phenoxy) is 1. The van der Waals surface area contributed by atoms with Gasteiger partial charge in [0.15, 0.2) is 0 Å². The maximum Gasteiger partial charge on any atom is 0.0620 e. The summed E-state index contributed by atoms with van der Waals surface area (Å²) >= 11 is 0. The van der Waals surface area contributed by atoms with E-state index in [-0.39, 0.29) is 0 Å². The quantitative estimate of drug-likeness (QED) is 0.783. The van der Waals surface area contributed by atoms with Crippen LogP contribution in [0.15, 0.2) is 0 Å². The van der Waals surface area contributed by atoms with Crippen molar-refractivity contribution in [3.05, 3.63) is 0 Å². The first-order valence-corrected chi connectivity index (χ1v) is 6.77. The van der Waals surface area contributed by atoms with Gasteiger partial charge in [-0.3, -0.25) is 0 Å². The lowest BCUT2D eigenvalue weighted by Crippen LogP contribution is -2.43. The smallest absolute Gasteiger partial charge is 0.0620 e. The van der Waals surface area contributed by atoms with Crippen molar-refractivity contribution in [2.45, 2.75) is 32.7 Å². The van der Waals surface area contributed by atoms with Crippen LogP contribution in [0.5, 0.6) is 0 Å². The van der Waals surface area contributed by atoms with E-state index < -0.39 is 0 Å². The second-order valence-electron chi connectivity index (χ2n) is 5.72. The second-order valence-corrected chi connectivity index (χ2v) is 5.72. The first-order chi connectivity index (χ1) is 7.74. The van der Waals surface area contributed by atoms with E-state index in [1.54, 1.807) is 0 Å². The van der Waals surface area contributed by atoms with Crippen molar-refractivity contribution >= 4 is 0 Å². The average Bonchev–Trinajstić information content (AvgIpc) is 2.69. The first kappa shape index (κ1) is 12.3. The van der Waals surface area contributed by atoms with Crippen LogP contribution in [0.2, 0.25) is 0 Å². The monoisotopic (exact) mass is 226 g/mol. The van der Waals surface area contributed by atoms with Gasteiger partial charge in [-0.05, 0) is 24.7 Å². The number of hydrogen-bond donors (Lipinski definition) is 1. The van der Waals surface area contributed by atoms with Crippen LogP contribution in [0.1, 0.15) is 26.7 Å². The fraction of sp³-hybridized carbons (Fsp3) is 1.00. The molecule has 0 aromatic heterocycles. The molecule has 2 aliphatic heterocycles. The Labute approximate surface area is 99.5 Å². The first-order valence-electron chi connectivity index (χ1n) is 6.77. The molecule has 2 saturated heterocycles. The molecule has 0 bridgehead atoms. The molecule has 1 N–H and O–H groups in total. The fourth-order valence-corrected chi connectivity index (χ4v) is 3.10. The van der Waals surface area contributed by atoms with Gasteiger partial charge in [0.25, 0.3) is 0 Å². The van der Waals surface area contributed by atoms with Gasteiger partial charge < -0.3 is 15.0 Å². The van der Waals surface area contributed by atoms with Gasteiger partial charge in [0.2, 0.25) is 0 Å². The van der Waals surface area contributed by atoms with Crippen LogP contribution in [0.25, 0.3) is 0 Å². The Kier molecular flexibility index (Phi) is 4.62. The summed E-state index contributed by atoms with van der Waals surface area (Å²) in [5.74, 6) is 1.75. The van der Waals surface area contributed by atoms with Crippen molar-refractivity contribution in [2.75, 3.05) is 39.4 Å². The number of hydrogen-bond acceptors (Lipinski definition) is 3. The summed E-state index contributed by atoms with van der Waals surface area (Å²) in [6.07, 6.45) is 2.59. The van der Waals surface area contributed by atoms with Gasteiger partial charge in [0.05, 0.1) is 6.61 Å². The zero-order valence-corrected chi connectivity index (χ0v) is 10.7. The van der Waals surface area contributed by atoms with E-state index in [9.17, 15) is 0 Å². The largest absolute Gasteiger partial charge is 0.380 e. The second kappa shape index (κ2) is 5.99. The molecule has 2 heterocycles. The highest BCUT2D eigenvalue weighted by atomic mass is 16.5. The summed E-state index contributed by atoms with van der Waals surface area (Å²) in [5.41, 5.74) is 0. The van der Waals surface area contributed by atoms with Gasteiger partial charge in [-0.15, -0.1) is 0 Å². The summed E-state index contributed by atoms with van der Waals surface area (Å²) in [6.45, 7) is 11.5. The molecule has 0 aromatic rings. The minimum absolute atomic E-state index is 0.611. The molecule has 0 saturated carbocycles. The van der Waals surface area contributed by atoms with Crippen molar-refractivity contribution < 1.29 is 4.74 Å². The van der Waals surface area contributed by atoms with Crippen LogP contribution < -0.4 is 5.32 Å².